The predicted molar refractivity (Wildman–Crippen MR) is 81.4 cm³/mol. The fourth-order valence-corrected chi connectivity index (χ4v) is 3.48. The minimum Gasteiger partial charge on any atom is -0.353 e. The number of carbonyl (C=O) groups is 2. The first-order chi connectivity index (χ1) is 10.1. The predicted octanol–water partition coefficient (Wildman–Crippen LogP) is 2.39. The maximum absolute atomic E-state index is 12.7. The molecule has 0 aliphatic carbocycles. The first kappa shape index (κ1) is 14.4. The minimum atomic E-state index is 0.0466. The highest BCUT2D eigenvalue weighted by Crippen LogP contribution is 2.27. The van der Waals surface area contributed by atoms with Crippen molar-refractivity contribution in [1.29, 1.82) is 0 Å². The Morgan fingerprint density at radius 1 is 1.38 bits per heavy atom. The smallest absolute Gasteiger partial charge is 0.254 e. The van der Waals surface area contributed by atoms with Crippen LogP contribution in [0.5, 0.6) is 0 Å². The minimum absolute atomic E-state index is 0.0466. The molecule has 0 spiro atoms. The zero-order valence-corrected chi connectivity index (χ0v) is 12.8. The van der Waals surface area contributed by atoms with E-state index in [4.69, 9.17) is 11.6 Å². The third-order valence-electron chi connectivity index (χ3n) is 4.61. The number of piperidine rings is 2. The summed E-state index contributed by atoms with van der Waals surface area (Å²) in [6, 6.07) is 5.68. The van der Waals surface area contributed by atoms with Gasteiger partial charge in [-0.25, -0.2) is 0 Å². The molecule has 2 heterocycles. The van der Waals surface area contributed by atoms with Crippen LogP contribution in [-0.4, -0.2) is 35.8 Å². The van der Waals surface area contributed by atoms with Gasteiger partial charge < -0.3 is 10.2 Å². The molecule has 5 heteroatoms. The third kappa shape index (κ3) is 2.77. The number of hydrogen-bond acceptors (Lipinski definition) is 2. The Hall–Kier alpha value is -1.55. The summed E-state index contributed by atoms with van der Waals surface area (Å²) >= 11 is 6.11. The highest BCUT2D eigenvalue weighted by Gasteiger charge is 2.35. The maximum Gasteiger partial charge on any atom is 0.254 e. The van der Waals surface area contributed by atoms with E-state index in [0.29, 0.717) is 29.5 Å². The van der Waals surface area contributed by atoms with Crippen LogP contribution >= 0.6 is 11.6 Å². The molecule has 2 fully saturated rings. The van der Waals surface area contributed by atoms with Crippen molar-refractivity contribution in [3.8, 4) is 0 Å². The van der Waals surface area contributed by atoms with Crippen LogP contribution in [0.15, 0.2) is 18.2 Å². The summed E-state index contributed by atoms with van der Waals surface area (Å²) in [7, 11) is 0. The number of fused-ring (bicyclic) bond motifs is 1. The molecule has 21 heavy (non-hydrogen) atoms. The van der Waals surface area contributed by atoms with Gasteiger partial charge in [-0.05, 0) is 43.4 Å². The summed E-state index contributed by atoms with van der Waals surface area (Å²) in [4.78, 5) is 26.0. The molecule has 0 bridgehead atoms. The second-order valence-electron chi connectivity index (χ2n) is 5.93. The molecule has 1 aromatic carbocycles. The van der Waals surface area contributed by atoms with Crippen LogP contribution in [0.2, 0.25) is 5.02 Å². The summed E-state index contributed by atoms with van der Waals surface area (Å²) in [5.41, 5.74) is 1.52. The van der Waals surface area contributed by atoms with Gasteiger partial charge in [0.25, 0.3) is 5.91 Å². The molecule has 2 unspecified atom stereocenters. The topological polar surface area (TPSA) is 49.4 Å². The summed E-state index contributed by atoms with van der Waals surface area (Å²) in [6.45, 7) is 3.28. The van der Waals surface area contributed by atoms with Crippen molar-refractivity contribution in [2.75, 3.05) is 13.1 Å². The Bertz CT molecular complexity index is 588. The van der Waals surface area contributed by atoms with E-state index in [1.54, 1.807) is 6.07 Å². The summed E-state index contributed by atoms with van der Waals surface area (Å²) in [5, 5.41) is 3.67. The Balaban J connectivity index is 1.75. The SMILES string of the molecule is Cc1c(Cl)cccc1C(=O)N1CCC2NC(=O)CCC2C1. The van der Waals surface area contributed by atoms with Crippen LogP contribution in [-0.2, 0) is 4.79 Å². The molecule has 3 rings (SSSR count). The van der Waals surface area contributed by atoms with E-state index in [1.807, 2.05) is 24.0 Å². The fraction of sp³-hybridized carbons (Fsp3) is 0.500. The number of amides is 2. The van der Waals surface area contributed by atoms with Gasteiger partial charge in [-0.1, -0.05) is 17.7 Å². The lowest BCUT2D eigenvalue weighted by molar-refractivity contribution is -0.125. The Labute approximate surface area is 129 Å². The standard InChI is InChI=1S/C16H19ClN2O2/c1-10-12(3-2-4-13(10)17)16(21)19-8-7-14-11(9-19)5-6-15(20)18-14/h2-4,11,14H,5-9H2,1H3,(H,18,20). The fourth-order valence-electron chi connectivity index (χ4n) is 3.30. The van der Waals surface area contributed by atoms with Crippen molar-refractivity contribution in [1.82, 2.24) is 10.2 Å². The normalized spacial score (nSPS) is 25.2. The number of likely N-dealkylation sites (tertiary alicyclic amines) is 1. The largest absolute Gasteiger partial charge is 0.353 e. The number of carbonyl (C=O) groups excluding carboxylic acids is 2. The number of nitrogens with one attached hydrogen (secondary N) is 1. The number of rotatable bonds is 1. The summed E-state index contributed by atoms with van der Waals surface area (Å²) < 4.78 is 0. The van der Waals surface area contributed by atoms with Crippen molar-refractivity contribution in [3.63, 3.8) is 0 Å². The monoisotopic (exact) mass is 306 g/mol. The molecule has 112 valence electrons. The molecule has 2 amide bonds. The zero-order chi connectivity index (χ0) is 15.0. The van der Waals surface area contributed by atoms with E-state index < -0.39 is 0 Å². The first-order valence-corrected chi connectivity index (χ1v) is 7.78. The average molecular weight is 307 g/mol. The summed E-state index contributed by atoms with van der Waals surface area (Å²) in [6.07, 6.45) is 2.27. The second kappa shape index (κ2) is 5.68. The lowest BCUT2D eigenvalue weighted by Gasteiger charge is -2.41. The second-order valence-corrected chi connectivity index (χ2v) is 6.33. The Morgan fingerprint density at radius 3 is 3.00 bits per heavy atom. The molecular formula is C16H19ClN2O2. The van der Waals surface area contributed by atoms with E-state index in [9.17, 15) is 9.59 Å². The van der Waals surface area contributed by atoms with Gasteiger partial charge in [0, 0.05) is 36.1 Å². The molecule has 0 saturated carbocycles. The van der Waals surface area contributed by atoms with Crippen molar-refractivity contribution in [3.05, 3.63) is 34.3 Å². The van der Waals surface area contributed by atoms with Gasteiger partial charge in [0.1, 0.15) is 0 Å². The first-order valence-electron chi connectivity index (χ1n) is 7.40. The highest BCUT2D eigenvalue weighted by atomic mass is 35.5. The molecule has 2 aliphatic rings. The maximum atomic E-state index is 12.7. The highest BCUT2D eigenvalue weighted by molar-refractivity contribution is 6.31. The van der Waals surface area contributed by atoms with Crippen molar-refractivity contribution in [2.24, 2.45) is 5.92 Å². The van der Waals surface area contributed by atoms with Crippen LogP contribution in [0.3, 0.4) is 0 Å². The number of nitrogens with zero attached hydrogens (tertiary/aromatic N) is 1. The lowest BCUT2D eigenvalue weighted by Crippen LogP contribution is -2.55. The van der Waals surface area contributed by atoms with E-state index in [0.717, 1.165) is 24.9 Å². The average Bonchev–Trinajstić information content (AvgIpc) is 2.49. The molecular weight excluding hydrogens is 288 g/mol. The lowest BCUT2D eigenvalue weighted by atomic mass is 9.85. The van der Waals surface area contributed by atoms with Gasteiger partial charge >= 0.3 is 0 Å². The molecule has 2 atom stereocenters. The van der Waals surface area contributed by atoms with Crippen molar-refractivity contribution in [2.45, 2.75) is 32.2 Å². The van der Waals surface area contributed by atoms with Crippen LogP contribution in [0.4, 0.5) is 0 Å². The van der Waals surface area contributed by atoms with Crippen LogP contribution in [0.1, 0.15) is 35.2 Å². The molecule has 2 aliphatic heterocycles. The summed E-state index contributed by atoms with van der Waals surface area (Å²) in [5.74, 6) is 0.562. The Kier molecular flexibility index (Phi) is 3.89. The van der Waals surface area contributed by atoms with E-state index >= 15 is 0 Å². The number of benzene rings is 1. The van der Waals surface area contributed by atoms with Gasteiger partial charge in [-0.3, -0.25) is 9.59 Å². The van der Waals surface area contributed by atoms with Crippen molar-refractivity contribution >= 4 is 23.4 Å². The van der Waals surface area contributed by atoms with Gasteiger partial charge in [0.15, 0.2) is 0 Å². The van der Waals surface area contributed by atoms with Crippen LogP contribution in [0, 0.1) is 12.8 Å². The van der Waals surface area contributed by atoms with Crippen LogP contribution < -0.4 is 5.32 Å². The van der Waals surface area contributed by atoms with Crippen LogP contribution in [0.25, 0.3) is 0 Å². The molecule has 2 saturated heterocycles. The van der Waals surface area contributed by atoms with Gasteiger partial charge in [0.2, 0.25) is 5.91 Å². The van der Waals surface area contributed by atoms with Gasteiger partial charge in [-0.15, -0.1) is 0 Å². The number of hydrogen-bond donors (Lipinski definition) is 1. The van der Waals surface area contributed by atoms with E-state index in [2.05, 4.69) is 5.32 Å². The molecule has 0 aromatic heterocycles. The van der Waals surface area contributed by atoms with Gasteiger partial charge in [-0.2, -0.15) is 0 Å². The molecule has 1 aromatic rings. The van der Waals surface area contributed by atoms with Crippen molar-refractivity contribution < 1.29 is 9.59 Å². The van der Waals surface area contributed by atoms with Gasteiger partial charge in [0.05, 0.1) is 0 Å². The quantitative estimate of drug-likeness (QED) is 0.866. The molecule has 0 radical (unpaired) electrons. The Morgan fingerprint density at radius 2 is 2.19 bits per heavy atom. The zero-order valence-electron chi connectivity index (χ0n) is 12.1. The van der Waals surface area contributed by atoms with E-state index in [-0.39, 0.29) is 17.9 Å². The third-order valence-corrected chi connectivity index (χ3v) is 5.02. The number of halogens is 1. The molecule has 1 N–H and O–H groups in total. The van der Waals surface area contributed by atoms with E-state index in [1.165, 1.54) is 0 Å². The molecule has 4 nitrogen and oxygen atoms in total.